The molecule has 1 saturated heterocycles. The molecule has 5 nitrogen and oxygen atoms in total. The Kier molecular flexibility index (Phi) is 6.76. The molecule has 0 aliphatic carbocycles. The molecule has 1 aliphatic heterocycles. The summed E-state index contributed by atoms with van der Waals surface area (Å²) in [5, 5.41) is 0. The zero-order valence-corrected chi connectivity index (χ0v) is 22.9. The number of carbonyl (C=O) groups excluding carboxylic acids is 1. The zero-order chi connectivity index (χ0) is 26.9. The van der Waals surface area contributed by atoms with Crippen LogP contribution in [0.3, 0.4) is 0 Å². The first kappa shape index (κ1) is 25.1. The highest BCUT2D eigenvalue weighted by atomic mass is 16.2. The van der Waals surface area contributed by atoms with Crippen LogP contribution < -0.4 is 0 Å². The highest BCUT2D eigenvalue weighted by molar-refractivity contribution is 5.94. The van der Waals surface area contributed by atoms with Gasteiger partial charge in [0.2, 0.25) is 0 Å². The average Bonchev–Trinajstić information content (AvgIpc) is 3.32. The number of rotatable bonds is 5. The lowest BCUT2D eigenvalue weighted by atomic mass is 10.00. The van der Waals surface area contributed by atoms with E-state index in [4.69, 9.17) is 4.98 Å². The molecule has 6 rings (SSSR count). The largest absolute Gasteiger partial charge is 0.336 e. The van der Waals surface area contributed by atoms with E-state index in [1.807, 2.05) is 42.2 Å². The molecule has 1 amide bonds. The van der Waals surface area contributed by atoms with Crippen LogP contribution in [0, 0.1) is 20.8 Å². The predicted molar refractivity (Wildman–Crippen MR) is 158 cm³/mol. The zero-order valence-electron chi connectivity index (χ0n) is 22.9. The first-order valence-electron chi connectivity index (χ1n) is 13.7. The second-order valence-corrected chi connectivity index (χ2v) is 10.7. The van der Waals surface area contributed by atoms with Crippen molar-refractivity contribution in [3.05, 3.63) is 119 Å². The predicted octanol–water partition coefficient (Wildman–Crippen LogP) is 6.55. The summed E-state index contributed by atoms with van der Waals surface area (Å²) in [5.74, 6) is 0.118. The smallest absolute Gasteiger partial charge is 0.253 e. The van der Waals surface area contributed by atoms with Crippen molar-refractivity contribution in [2.75, 3.05) is 26.2 Å². The summed E-state index contributed by atoms with van der Waals surface area (Å²) in [4.78, 5) is 22.6. The summed E-state index contributed by atoms with van der Waals surface area (Å²) in [7, 11) is 0. The third kappa shape index (κ3) is 5.10. The molecule has 5 heteroatoms. The molecule has 0 N–H and O–H groups in total. The van der Waals surface area contributed by atoms with Gasteiger partial charge in [0, 0.05) is 50.0 Å². The lowest BCUT2D eigenvalue weighted by Gasteiger charge is -2.34. The van der Waals surface area contributed by atoms with Crippen LogP contribution in [0.1, 0.15) is 32.7 Å². The third-order valence-corrected chi connectivity index (χ3v) is 7.80. The van der Waals surface area contributed by atoms with Crippen LogP contribution in [-0.2, 0) is 6.54 Å². The summed E-state index contributed by atoms with van der Waals surface area (Å²) in [6.07, 6.45) is 2.24. The van der Waals surface area contributed by atoms with Crippen LogP contribution in [0.25, 0.3) is 28.0 Å². The summed E-state index contributed by atoms with van der Waals surface area (Å²) in [5.41, 5.74) is 11.2. The number of hydrogen-bond donors (Lipinski definition) is 0. The SMILES string of the molecule is Cc1ccc(C(=O)N2CCN(Cc3c(-c4ccccc4)nc4ccc(-c5cc(C)ccc5C)cn34)CC2)cc1. The molecule has 0 unspecified atom stereocenters. The van der Waals surface area contributed by atoms with Crippen molar-refractivity contribution >= 4 is 11.6 Å². The van der Waals surface area contributed by atoms with Gasteiger partial charge in [0.25, 0.3) is 5.91 Å². The Bertz CT molecular complexity index is 1630. The molecule has 3 heterocycles. The fourth-order valence-electron chi connectivity index (χ4n) is 5.48. The number of piperazine rings is 1. The van der Waals surface area contributed by atoms with Crippen molar-refractivity contribution in [1.29, 1.82) is 0 Å². The van der Waals surface area contributed by atoms with Gasteiger partial charge in [-0.25, -0.2) is 4.98 Å². The summed E-state index contributed by atoms with van der Waals surface area (Å²) < 4.78 is 2.27. The molecule has 196 valence electrons. The van der Waals surface area contributed by atoms with Crippen LogP contribution >= 0.6 is 0 Å². The number of aromatic nitrogens is 2. The molecule has 0 radical (unpaired) electrons. The van der Waals surface area contributed by atoms with Crippen molar-refractivity contribution < 1.29 is 4.79 Å². The molecule has 39 heavy (non-hydrogen) atoms. The summed E-state index contributed by atoms with van der Waals surface area (Å²) in [6, 6.07) is 29.3. The number of pyridine rings is 1. The van der Waals surface area contributed by atoms with Crippen molar-refractivity contribution in [3.63, 3.8) is 0 Å². The Hall–Kier alpha value is -4.22. The number of nitrogens with zero attached hydrogens (tertiary/aromatic N) is 4. The number of carbonyl (C=O) groups is 1. The number of amides is 1. The number of imidazole rings is 1. The molecule has 0 atom stereocenters. The van der Waals surface area contributed by atoms with Crippen molar-refractivity contribution in [1.82, 2.24) is 19.2 Å². The Morgan fingerprint density at radius 1 is 0.769 bits per heavy atom. The van der Waals surface area contributed by atoms with Gasteiger partial charge in [-0.15, -0.1) is 0 Å². The van der Waals surface area contributed by atoms with E-state index in [2.05, 4.69) is 83.9 Å². The van der Waals surface area contributed by atoms with Crippen LogP contribution in [0.2, 0.25) is 0 Å². The van der Waals surface area contributed by atoms with Crippen LogP contribution in [0.4, 0.5) is 0 Å². The molecule has 0 spiro atoms. The molecule has 5 aromatic rings. The standard InChI is InChI=1S/C34H34N4O/c1-24-10-13-28(14-11-24)34(39)37-19-17-36(18-20-37)23-31-33(27-7-5-4-6-8-27)35-32-16-15-29(22-38(31)32)30-21-25(2)9-12-26(30)3/h4-16,21-22H,17-20,23H2,1-3H3. The summed E-state index contributed by atoms with van der Waals surface area (Å²) in [6.45, 7) is 10.2. The first-order valence-corrected chi connectivity index (χ1v) is 13.7. The highest BCUT2D eigenvalue weighted by Gasteiger charge is 2.24. The molecule has 2 aromatic heterocycles. The van der Waals surface area contributed by atoms with Gasteiger partial charge >= 0.3 is 0 Å². The summed E-state index contributed by atoms with van der Waals surface area (Å²) >= 11 is 0. The van der Waals surface area contributed by atoms with E-state index in [-0.39, 0.29) is 5.91 Å². The maximum absolute atomic E-state index is 13.1. The average molecular weight is 515 g/mol. The fourth-order valence-corrected chi connectivity index (χ4v) is 5.48. The molecular weight excluding hydrogens is 480 g/mol. The number of fused-ring (bicyclic) bond motifs is 1. The number of hydrogen-bond acceptors (Lipinski definition) is 3. The lowest BCUT2D eigenvalue weighted by molar-refractivity contribution is 0.0627. The lowest BCUT2D eigenvalue weighted by Crippen LogP contribution is -2.48. The van der Waals surface area contributed by atoms with Crippen molar-refractivity contribution in [3.8, 4) is 22.4 Å². The fraction of sp³-hybridized carbons (Fsp3) is 0.235. The van der Waals surface area contributed by atoms with E-state index in [0.717, 1.165) is 55.2 Å². The van der Waals surface area contributed by atoms with Crippen molar-refractivity contribution in [2.24, 2.45) is 0 Å². The van der Waals surface area contributed by atoms with Gasteiger partial charge in [-0.05, 0) is 61.7 Å². The minimum atomic E-state index is 0.118. The van der Waals surface area contributed by atoms with Gasteiger partial charge in [-0.3, -0.25) is 9.69 Å². The number of aryl methyl sites for hydroxylation is 3. The van der Waals surface area contributed by atoms with Crippen LogP contribution in [0.5, 0.6) is 0 Å². The van der Waals surface area contributed by atoms with E-state index >= 15 is 0 Å². The van der Waals surface area contributed by atoms with Crippen LogP contribution in [-0.4, -0.2) is 51.3 Å². The number of benzene rings is 3. The van der Waals surface area contributed by atoms with Gasteiger partial charge in [0.05, 0.1) is 11.4 Å². The Balaban J connectivity index is 1.30. The second kappa shape index (κ2) is 10.5. The maximum atomic E-state index is 13.1. The van der Waals surface area contributed by atoms with Gasteiger partial charge in [0.1, 0.15) is 5.65 Å². The van der Waals surface area contributed by atoms with Crippen molar-refractivity contribution in [2.45, 2.75) is 27.3 Å². The molecule has 3 aromatic carbocycles. The first-order chi connectivity index (χ1) is 19.0. The van der Waals surface area contributed by atoms with Gasteiger partial charge in [-0.2, -0.15) is 0 Å². The van der Waals surface area contributed by atoms with Crippen LogP contribution in [0.15, 0.2) is 91.1 Å². The monoisotopic (exact) mass is 514 g/mol. The van der Waals surface area contributed by atoms with Gasteiger partial charge < -0.3 is 9.30 Å². The molecule has 1 fully saturated rings. The molecule has 0 saturated carbocycles. The quantitative estimate of drug-likeness (QED) is 0.267. The van der Waals surface area contributed by atoms with E-state index in [1.165, 1.54) is 33.5 Å². The van der Waals surface area contributed by atoms with E-state index in [1.54, 1.807) is 0 Å². The topological polar surface area (TPSA) is 40.9 Å². The van der Waals surface area contributed by atoms with E-state index in [0.29, 0.717) is 0 Å². The van der Waals surface area contributed by atoms with Gasteiger partial charge in [-0.1, -0.05) is 71.8 Å². The normalized spacial score (nSPS) is 14.2. The minimum Gasteiger partial charge on any atom is -0.336 e. The third-order valence-electron chi connectivity index (χ3n) is 7.80. The van der Waals surface area contributed by atoms with Gasteiger partial charge in [0.15, 0.2) is 0 Å². The Morgan fingerprint density at radius 3 is 2.23 bits per heavy atom. The second-order valence-electron chi connectivity index (χ2n) is 10.7. The molecular formula is C34H34N4O. The molecule has 0 bridgehead atoms. The van der Waals surface area contributed by atoms with E-state index < -0.39 is 0 Å². The highest BCUT2D eigenvalue weighted by Crippen LogP contribution is 2.30. The molecule has 1 aliphatic rings. The maximum Gasteiger partial charge on any atom is 0.253 e. The minimum absolute atomic E-state index is 0.118. The Morgan fingerprint density at radius 2 is 1.49 bits per heavy atom. The Labute approximate surface area is 230 Å². The van der Waals surface area contributed by atoms with E-state index in [9.17, 15) is 4.79 Å².